The maximum absolute atomic E-state index is 9.26. The van der Waals surface area contributed by atoms with Gasteiger partial charge in [0.15, 0.2) is 0 Å². The average molecular weight is 167 g/mol. The van der Waals surface area contributed by atoms with Crippen LogP contribution in [-0.2, 0) is 0 Å². The van der Waals surface area contributed by atoms with Crippen molar-refractivity contribution in [3.8, 4) is 5.75 Å². The van der Waals surface area contributed by atoms with Gasteiger partial charge in [-0.05, 0) is 18.4 Å². The molecule has 1 aromatic carbocycles. The van der Waals surface area contributed by atoms with E-state index in [4.69, 9.17) is 5.41 Å². The third-order valence-corrected chi connectivity index (χ3v) is 1.98. The number of rotatable bonds is 1. The Kier molecular flexibility index (Phi) is 2.54. The molecule has 0 unspecified atom stereocenters. The van der Waals surface area contributed by atoms with Crippen molar-refractivity contribution in [2.45, 2.75) is 0 Å². The van der Waals surface area contributed by atoms with Crippen molar-refractivity contribution < 1.29 is 5.11 Å². The molecule has 3 heteroatoms. The van der Waals surface area contributed by atoms with E-state index >= 15 is 0 Å². The van der Waals surface area contributed by atoms with Crippen LogP contribution in [0.1, 0.15) is 5.56 Å². The Hall–Kier alpha value is -0.960. The predicted octanol–water partition coefficient (Wildman–Crippen LogP) is 2.08. The van der Waals surface area contributed by atoms with Crippen molar-refractivity contribution in [1.29, 1.82) is 5.41 Å². The van der Waals surface area contributed by atoms with Gasteiger partial charge >= 0.3 is 0 Å². The summed E-state index contributed by atoms with van der Waals surface area (Å²) < 4.78 is 0. The molecule has 1 aromatic rings. The SMILES string of the molecule is CSC(=N)c1ccccc1O. The van der Waals surface area contributed by atoms with Gasteiger partial charge in [0.1, 0.15) is 5.75 Å². The summed E-state index contributed by atoms with van der Waals surface area (Å²) in [5.74, 6) is 0.173. The molecule has 1 rings (SSSR count). The molecule has 0 radical (unpaired) electrons. The molecule has 2 N–H and O–H groups in total. The van der Waals surface area contributed by atoms with Gasteiger partial charge in [0.2, 0.25) is 0 Å². The quantitative estimate of drug-likeness (QED) is 0.497. The first-order valence-electron chi connectivity index (χ1n) is 3.16. The highest BCUT2D eigenvalue weighted by molar-refractivity contribution is 8.13. The van der Waals surface area contributed by atoms with E-state index in [1.54, 1.807) is 24.3 Å². The van der Waals surface area contributed by atoms with E-state index in [9.17, 15) is 5.11 Å². The van der Waals surface area contributed by atoms with Crippen molar-refractivity contribution in [2.24, 2.45) is 0 Å². The van der Waals surface area contributed by atoms with Gasteiger partial charge in [-0.25, -0.2) is 0 Å². The fourth-order valence-electron chi connectivity index (χ4n) is 0.776. The molecule has 0 bridgehead atoms. The zero-order chi connectivity index (χ0) is 8.27. The van der Waals surface area contributed by atoms with Gasteiger partial charge in [0, 0.05) is 5.56 Å². The number of thioether (sulfide) groups is 1. The van der Waals surface area contributed by atoms with E-state index in [0.717, 1.165) is 0 Å². The van der Waals surface area contributed by atoms with Crippen LogP contribution in [0.2, 0.25) is 0 Å². The van der Waals surface area contributed by atoms with Crippen LogP contribution in [0.3, 0.4) is 0 Å². The van der Waals surface area contributed by atoms with Crippen LogP contribution in [0.15, 0.2) is 24.3 Å². The number of phenols is 1. The lowest BCUT2D eigenvalue weighted by atomic mass is 10.2. The molecule has 0 fully saturated rings. The third-order valence-electron chi connectivity index (χ3n) is 1.35. The summed E-state index contributed by atoms with van der Waals surface area (Å²) in [6.45, 7) is 0. The molecule has 0 atom stereocenters. The molecule has 0 aliphatic carbocycles. The zero-order valence-corrected chi connectivity index (χ0v) is 6.98. The number of para-hydroxylation sites is 1. The normalized spacial score (nSPS) is 9.55. The van der Waals surface area contributed by atoms with Crippen molar-refractivity contribution >= 4 is 16.8 Å². The lowest BCUT2D eigenvalue weighted by molar-refractivity contribution is 0.474. The maximum atomic E-state index is 9.26. The highest BCUT2D eigenvalue weighted by Crippen LogP contribution is 2.19. The molecule has 11 heavy (non-hydrogen) atoms. The minimum absolute atomic E-state index is 0.173. The molecular formula is C8H9NOS. The van der Waals surface area contributed by atoms with Gasteiger partial charge in [-0.1, -0.05) is 12.1 Å². The minimum Gasteiger partial charge on any atom is -0.507 e. The summed E-state index contributed by atoms with van der Waals surface area (Å²) in [7, 11) is 0. The summed E-state index contributed by atoms with van der Waals surface area (Å²) in [5.41, 5.74) is 0.597. The lowest BCUT2D eigenvalue weighted by Crippen LogP contribution is -1.91. The van der Waals surface area contributed by atoms with Gasteiger partial charge in [-0.3, -0.25) is 5.41 Å². The smallest absolute Gasteiger partial charge is 0.125 e. The number of benzene rings is 1. The minimum atomic E-state index is 0.173. The Balaban J connectivity index is 3.03. The fraction of sp³-hybridized carbons (Fsp3) is 0.125. The lowest BCUT2D eigenvalue weighted by Gasteiger charge is -2.01. The second-order valence-electron chi connectivity index (χ2n) is 2.05. The van der Waals surface area contributed by atoms with Gasteiger partial charge in [-0.15, -0.1) is 11.8 Å². The molecule has 0 heterocycles. The summed E-state index contributed by atoms with van der Waals surface area (Å²) >= 11 is 1.32. The van der Waals surface area contributed by atoms with E-state index in [0.29, 0.717) is 10.6 Å². The number of hydrogen-bond acceptors (Lipinski definition) is 3. The second kappa shape index (κ2) is 3.44. The predicted molar refractivity (Wildman–Crippen MR) is 48.5 cm³/mol. The third kappa shape index (κ3) is 1.74. The van der Waals surface area contributed by atoms with E-state index in [1.165, 1.54) is 11.8 Å². The van der Waals surface area contributed by atoms with Crippen molar-refractivity contribution in [3.05, 3.63) is 29.8 Å². The largest absolute Gasteiger partial charge is 0.507 e. The molecule has 0 saturated carbocycles. The van der Waals surface area contributed by atoms with E-state index in [2.05, 4.69) is 0 Å². The summed E-state index contributed by atoms with van der Waals surface area (Å²) in [6, 6.07) is 6.86. The summed E-state index contributed by atoms with van der Waals surface area (Å²) in [4.78, 5) is 0. The van der Waals surface area contributed by atoms with Gasteiger partial charge in [0.05, 0.1) is 5.04 Å². The Labute approximate surface area is 69.8 Å². The topological polar surface area (TPSA) is 44.1 Å². The second-order valence-corrected chi connectivity index (χ2v) is 2.87. The summed E-state index contributed by atoms with van der Waals surface area (Å²) in [6.07, 6.45) is 1.81. The van der Waals surface area contributed by atoms with Crippen LogP contribution < -0.4 is 0 Å². The van der Waals surface area contributed by atoms with Crippen LogP contribution in [-0.4, -0.2) is 16.4 Å². The van der Waals surface area contributed by atoms with Crippen LogP contribution in [0, 0.1) is 5.41 Å². The number of aromatic hydroxyl groups is 1. The van der Waals surface area contributed by atoms with Crippen molar-refractivity contribution in [2.75, 3.05) is 6.26 Å². The molecule has 58 valence electrons. The fourth-order valence-corrected chi connectivity index (χ4v) is 1.17. The van der Waals surface area contributed by atoms with E-state index in [-0.39, 0.29) is 5.75 Å². The first-order chi connectivity index (χ1) is 5.25. The number of phenolic OH excluding ortho intramolecular Hbond substituents is 1. The van der Waals surface area contributed by atoms with Crippen LogP contribution in [0.4, 0.5) is 0 Å². The Morgan fingerprint density at radius 2 is 2.09 bits per heavy atom. The van der Waals surface area contributed by atoms with Gasteiger partial charge in [-0.2, -0.15) is 0 Å². The Bertz CT molecular complexity index is 273. The maximum Gasteiger partial charge on any atom is 0.125 e. The molecule has 0 amide bonds. The molecule has 0 spiro atoms. The molecule has 0 aliphatic rings. The van der Waals surface area contributed by atoms with Crippen LogP contribution in [0.25, 0.3) is 0 Å². The van der Waals surface area contributed by atoms with Gasteiger partial charge in [0.25, 0.3) is 0 Å². The molecular weight excluding hydrogens is 158 g/mol. The Morgan fingerprint density at radius 3 is 2.64 bits per heavy atom. The average Bonchev–Trinajstić information content (AvgIpc) is 2.04. The molecule has 2 nitrogen and oxygen atoms in total. The highest BCUT2D eigenvalue weighted by Gasteiger charge is 2.03. The number of nitrogens with one attached hydrogen (secondary N) is 1. The molecule has 0 saturated heterocycles. The van der Waals surface area contributed by atoms with Crippen molar-refractivity contribution in [1.82, 2.24) is 0 Å². The van der Waals surface area contributed by atoms with Crippen molar-refractivity contribution in [3.63, 3.8) is 0 Å². The standard InChI is InChI=1S/C8H9NOS/c1-11-8(9)6-4-2-3-5-7(6)10/h2-5,9-10H,1H3. The zero-order valence-electron chi connectivity index (χ0n) is 6.16. The number of hydrogen-bond donors (Lipinski definition) is 2. The monoisotopic (exact) mass is 167 g/mol. The molecule has 0 aromatic heterocycles. The molecule has 0 aliphatic heterocycles. The summed E-state index contributed by atoms with van der Waals surface area (Å²) in [5, 5.41) is 17.1. The van der Waals surface area contributed by atoms with E-state index < -0.39 is 0 Å². The van der Waals surface area contributed by atoms with Crippen LogP contribution >= 0.6 is 11.8 Å². The first kappa shape index (κ1) is 8.14. The van der Waals surface area contributed by atoms with Gasteiger partial charge < -0.3 is 5.11 Å². The Morgan fingerprint density at radius 1 is 1.45 bits per heavy atom. The van der Waals surface area contributed by atoms with Crippen LogP contribution in [0.5, 0.6) is 5.75 Å². The van der Waals surface area contributed by atoms with E-state index in [1.807, 2.05) is 6.26 Å². The highest BCUT2D eigenvalue weighted by atomic mass is 32.2. The first-order valence-corrected chi connectivity index (χ1v) is 4.39.